The Hall–Kier alpha value is -3.78. The van der Waals surface area contributed by atoms with Gasteiger partial charge in [0.2, 0.25) is 5.88 Å². The first kappa shape index (κ1) is 28.2. The van der Waals surface area contributed by atoms with Crippen molar-refractivity contribution in [2.75, 3.05) is 4.90 Å². The van der Waals surface area contributed by atoms with Crippen LogP contribution in [0.4, 0.5) is 5.82 Å². The Morgan fingerprint density at radius 3 is 2.31 bits per heavy atom. The highest BCUT2D eigenvalue weighted by atomic mass is 32.2. The summed E-state index contributed by atoms with van der Waals surface area (Å²) in [6, 6.07) is 21.7. The van der Waals surface area contributed by atoms with E-state index in [1.165, 1.54) is 18.1 Å². The number of esters is 1. The van der Waals surface area contributed by atoms with E-state index in [-0.39, 0.29) is 5.97 Å². The lowest BCUT2D eigenvalue weighted by Crippen LogP contribution is -2.36. The first-order valence-corrected chi connectivity index (χ1v) is 13.6. The number of carbonyl (C=O) groups excluding carboxylic acids is 1. The van der Waals surface area contributed by atoms with Gasteiger partial charge in [-0.25, -0.2) is 9.97 Å². The van der Waals surface area contributed by atoms with Crippen molar-refractivity contribution in [2.24, 2.45) is 0 Å². The Bertz CT molecular complexity index is 1360. The second kappa shape index (κ2) is 11.9. The number of furan rings is 1. The zero-order valence-electron chi connectivity index (χ0n) is 23.3. The van der Waals surface area contributed by atoms with Crippen molar-refractivity contribution in [1.82, 2.24) is 9.97 Å². The molecule has 0 spiro atoms. The van der Waals surface area contributed by atoms with Gasteiger partial charge in [0.25, 0.3) is 0 Å². The number of anilines is 1. The Kier molecular flexibility index (Phi) is 8.65. The van der Waals surface area contributed by atoms with Crippen LogP contribution < -0.4 is 9.64 Å². The van der Waals surface area contributed by atoms with Crippen molar-refractivity contribution in [1.29, 1.82) is 0 Å². The predicted octanol–water partition coefficient (Wildman–Crippen LogP) is 7.59. The molecular formula is C31H35N3O4S. The molecule has 0 aliphatic heterocycles. The Balaban J connectivity index is 1.50. The maximum absolute atomic E-state index is 12.7. The number of benzene rings is 2. The van der Waals surface area contributed by atoms with Gasteiger partial charge in [0.05, 0.1) is 12.8 Å². The summed E-state index contributed by atoms with van der Waals surface area (Å²) in [6.07, 6.45) is 3.17. The molecule has 0 unspecified atom stereocenters. The van der Waals surface area contributed by atoms with E-state index in [2.05, 4.69) is 27.0 Å². The molecule has 0 aliphatic carbocycles. The number of rotatable bonds is 10. The number of carbonyl (C=O) groups is 1. The van der Waals surface area contributed by atoms with Crippen LogP contribution >= 0.6 is 11.8 Å². The highest BCUT2D eigenvalue weighted by Crippen LogP contribution is 2.35. The van der Waals surface area contributed by atoms with Crippen LogP contribution in [-0.2, 0) is 22.6 Å². The summed E-state index contributed by atoms with van der Waals surface area (Å²) >= 11 is 1.49. The molecule has 0 saturated heterocycles. The van der Waals surface area contributed by atoms with Gasteiger partial charge in [0.15, 0.2) is 0 Å². The molecule has 0 N–H and O–H groups in total. The lowest BCUT2D eigenvalue weighted by molar-refractivity contribution is -0.156. The van der Waals surface area contributed by atoms with Gasteiger partial charge in [-0.1, -0.05) is 29.8 Å². The maximum Gasteiger partial charge on any atom is 0.322 e. The summed E-state index contributed by atoms with van der Waals surface area (Å²) < 4.78 is 16.5. The average molecular weight is 546 g/mol. The number of ether oxygens (including phenoxy) is 2. The van der Waals surface area contributed by atoms with Gasteiger partial charge in [-0.05, 0) is 83.5 Å². The fourth-order valence-corrected chi connectivity index (χ4v) is 4.70. The molecule has 0 bridgehead atoms. The number of thioether (sulfide) groups is 1. The molecule has 4 rings (SSSR count). The van der Waals surface area contributed by atoms with E-state index < -0.39 is 10.3 Å². The van der Waals surface area contributed by atoms with Crippen molar-refractivity contribution < 1.29 is 18.7 Å². The molecule has 39 heavy (non-hydrogen) atoms. The number of aromatic nitrogens is 2. The molecule has 2 heterocycles. The van der Waals surface area contributed by atoms with Crippen LogP contribution in [0.15, 0.2) is 88.6 Å². The minimum Gasteiger partial charge on any atom is -0.467 e. The standard InChI is InChI=1S/C31H35N3O4S/c1-22-9-13-24(14-10-22)37-28-18-27(32-21-33-28)34(20-25-8-7-17-36-25)19-23-11-15-26(16-12-23)39-31(5,6)29(35)38-30(2,3)4/h7-18,21H,19-20H2,1-6H3. The van der Waals surface area contributed by atoms with Crippen LogP contribution in [0.25, 0.3) is 0 Å². The Morgan fingerprint density at radius 2 is 1.67 bits per heavy atom. The monoisotopic (exact) mass is 545 g/mol. The second-order valence-electron chi connectivity index (χ2n) is 10.8. The number of aryl methyl sites for hydroxylation is 1. The first-order valence-electron chi connectivity index (χ1n) is 12.8. The van der Waals surface area contributed by atoms with Crippen LogP contribution in [0.5, 0.6) is 11.6 Å². The molecule has 0 amide bonds. The first-order chi connectivity index (χ1) is 18.5. The van der Waals surface area contributed by atoms with Crippen molar-refractivity contribution in [3.8, 4) is 11.6 Å². The van der Waals surface area contributed by atoms with Crippen LogP contribution in [0.3, 0.4) is 0 Å². The summed E-state index contributed by atoms with van der Waals surface area (Å²) in [7, 11) is 0. The van der Waals surface area contributed by atoms with Crippen molar-refractivity contribution in [3.63, 3.8) is 0 Å². The minimum atomic E-state index is -0.713. The van der Waals surface area contributed by atoms with E-state index >= 15 is 0 Å². The van der Waals surface area contributed by atoms with Gasteiger partial charge in [-0.3, -0.25) is 4.79 Å². The van der Waals surface area contributed by atoms with Crippen molar-refractivity contribution in [2.45, 2.75) is 69.9 Å². The number of nitrogens with zero attached hydrogens (tertiary/aromatic N) is 3. The Labute approximate surface area is 234 Å². The van der Waals surface area contributed by atoms with E-state index in [4.69, 9.17) is 13.9 Å². The second-order valence-corrected chi connectivity index (χ2v) is 12.5. The summed E-state index contributed by atoms with van der Waals surface area (Å²) in [5.41, 5.74) is 1.72. The van der Waals surface area contributed by atoms with E-state index in [0.29, 0.717) is 30.5 Å². The summed E-state index contributed by atoms with van der Waals surface area (Å²) in [5.74, 6) is 2.48. The van der Waals surface area contributed by atoms with Gasteiger partial charge < -0.3 is 18.8 Å². The van der Waals surface area contributed by atoms with Crippen LogP contribution in [0.1, 0.15) is 51.5 Å². The van der Waals surface area contributed by atoms with Gasteiger partial charge in [0, 0.05) is 17.5 Å². The van der Waals surface area contributed by atoms with Crippen LogP contribution in [0, 0.1) is 6.92 Å². The van der Waals surface area contributed by atoms with Gasteiger partial charge in [-0.15, -0.1) is 11.8 Å². The van der Waals surface area contributed by atoms with E-state index in [1.54, 1.807) is 6.26 Å². The SMILES string of the molecule is Cc1ccc(Oc2cc(N(Cc3ccc(SC(C)(C)C(=O)OC(C)(C)C)cc3)Cc3ccco3)ncn2)cc1. The van der Waals surface area contributed by atoms with Crippen molar-refractivity contribution in [3.05, 3.63) is 96.2 Å². The molecule has 0 saturated carbocycles. The molecule has 4 aromatic rings. The highest BCUT2D eigenvalue weighted by molar-refractivity contribution is 8.01. The molecule has 0 aliphatic rings. The normalized spacial score (nSPS) is 11.7. The molecule has 0 fully saturated rings. The quantitative estimate of drug-likeness (QED) is 0.149. The zero-order chi connectivity index (χ0) is 28.0. The van der Waals surface area contributed by atoms with Gasteiger partial charge >= 0.3 is 5.97 Å². The third kappa shape index (κ3) is 8.35. The van der Waals surface area contributed by atoms with Crippen LogP contribution in [-0.4, -0.2) is 26.3 Å². The van der Waals surface area contributed by atoms with E-state index in [0.717, 1.165) is 21.8 Å². The fraction of sp³-hybridized carbons (Fsp3) is 0.323. The molecule has 2 aromatic heterocycles. The van der Waals surface area contributed by atoms with E-state index in [9.17, 15) is 4.79 Å². The Morgan fingerprint density at radius 1 is 0.949 bits per heavy atom. The zero-order valence-corrected chi connectivity index (χ0v) is 24.1. The number of hydrogen-bond acceptors (Lipinski definition) is 8. The predicted molar refractivity (Wildman–Crippen MR) is 154 cm³/mol. The number of hydrogen-bond donors (Lipinski definition) is 0. The largest absolute Gasteiger partial charge is 0.467 e. The maximum atomic E-state index is 12.7. The highest BCUT2D eigenvalue weighted by Gasteiger charge is 2.33. The molecule has 7 nitrogen and oxygen atoms in total. The molecule has 0 radical (unpaired) electrons. The van der Waals surface area contributed by atoms with E-state index in [1.807, 2.05) is 96.1 Å². The average Bonchev–Trinajstić information content (AvgIpc) is 3.38. The minimum absolute atomic E-state index is 0.235. The third-order valence-electron chi connectivity index (χ3n) is 5.68. The molecule has 204 valence electrons. The lowest BCUT2D eigenvalue weighted by Gasteiger charge is -2.28. The summed E-state index contributed by atoms with van der Waals surface area (Å²) in [4.78, 5) is 24.6. The molecule has 0 atom stereocenters. The van der Waals surface area contributed by atoms with Crippen molar-refractivity contribution >= 4 is 23.5 Å². The topological polar surface area (TPSA) is 77.7 Å². The lowest BCUT2D eigenvalue weighted by atomic mass is 10.1. The summed E-state index contributed by atoms with van der Waals surface area (Å²) in [6.45, 7) is 12.6. The van der Waals surface area contributed by atoms with Gasteiger partial charge in [-0.2, -0.15) is 0 Å². The smallest absolute Gasteiger partial charge is 0.322 e. The summed E-state index contributed by atoms with van der Waals surface area (Å²) in [5, 5.41) is 0. The third-order valence-corrected chi connectivity index (χ3v) is 6.87. The molecule has 8 heteroatoms. The van der Waals surface area contributed by atoms with Gasteiger partial charge in [0.1, 0.15) is 34.0 Å². The van der Waals surface area contributed by atoms with Crippen LogP contribution in [0.2, 0.25) is 0 Å². The molecular weight excluding hydrogens is 510 g/mol. The fourth-order valence-electron chi connectivity index (χ4n) is 3.71. The molecule has 2 aromatic carbocycles.